The molecule has 0 saturated heterocycles. The second-order valence-corrected chi connectivity index (χ2v) is 12.0. The quantitative estimate of drug-likeness (QED) is 0.209. The summed E-state index contributed by atoms with van der Waals surface area (Å²) in [5, 5.41) is 8.35. The molecular weight excluding hydrogens is 547 g/mol. The van der Waals surface area contributed by atoms with Gasteiger partial charge in [-0.05, 0) is 47.2 Å². The van der Waals surface area contributed by atoms with Gasteiger partial charge in [0.25, 0.3) is 0 Å². The summed E-state index contributed by atoms with van der Waals surface area (Å²) in [5.74, 6) is 0.633. The lowest BCUT2D eigenvalue weighted by molar-refractivity contribution is 0.666. The molecule has 0 aliphatic heterocycles. The molecule has 0 saturated carbocycles. The maximum atomic E-state index is 6.46. The van der Waals surface area contributed by atoms with Crippen LogP contribution in [0.15, 0.2) is 132 Å². The number of furan rings is 1. The first-order chi connectivity index (χ1) is 21.3. The maximum absolute atomic E-state index is 6.46. The average molecular weight is 568 g/mol. The van der Waals surface area contributed by atoms with E-state index in [1.165, 1.54) is 36.3 Å². The van der Waals surface area contributed by atoms with Crippen molar-refractivity contribution >= 4 is 86.2 Å². The van der Waals surface area contributed by atoms with Crippen LogP contribution in [0.1, 0.15) is 0 Å². The van der Waals surface area contributed by atoms with Gasteiger partial charge in [-0.25, -0.2) is 9.97 Å². The van der Waals surface area contributed by atoms with Gasteiger partial charge in [0.15, 0.2) is 5.58 Å². The van der Waals surface area contributed by atoms with Gasteiger partial charge in [0.05, 0.1) is 11.0 Å². The minimum Gasteiger partial charge on any atom is -0.452 e. The first kappa shape index (κ1) is 23.1. The molecule has 6 aromatic carbocycles. The van der Waals surface area contributed by atoms with Crippen LogP contribution in [0.2, 0.25) is 0 Å². The van der Waals surface area contributed by atoms with Crippen LogP contribution in [-0.2, 0) is 0 Å². The van der Waals surface area contributed by atoms with E-state index in [-0.39, 0.29) is 0 Å². The van der Waals surface area contributed by atoms with Crippen molar-refractivity contribution in [2.45, 2.75) is 0 Å². The molecule has 200 valence electrons. The third-order valence-corrected chi connectivity index (χ3v) is 9.82. The van der Waals surface area contributed by atoms with Crippen LogP contribution < -0.4 is 0 Å². The molecule has 10 aromatic rings. The fourth-order valence-electron chi connectivity index (χ4n) is 6.66. The Balaban J connectivity index is 1.35. The summed E-state index contributed by atoms with van der Waals surface area (Å²) in [7, 11) is 0. The van der Waals surface area contributed by atoms with Gasteiger partial charge in [-0.1, -0.05) is 91.0 Å². The molecule has 4 heterocycles. The largest absolute Gasteiger partial charge is 0.452 e. The Morgan fingerprint density at radius 3 is 2.28 bits per heavy atom. The zero-order valence-corrected chi connectivity index (χ0v) is 23.6. The van der Waals surface area contributed by atoms with Gasteiger partial charge in [-0.3, -0.25) is 4.57 Å². The van der Waals surface area contributed by atoms with Gasteiger partial charge < -0.3 is 4.42 Å². The van der Waals surface area contributed by atoms with Gasteiger partial charge in [-0.15, -0.1) is 11.3 Å². The number of fused-ring (bicyclic) bond motifs is 11. The molecule has 0 spiro atoms. The zero-order valence-electron chi connectivity index (χ0n) is 22.8. The molecule has 0 N–H and O–H groups in total. The van der Waals surface area contributed by atoms with Crippen LogP contribution in [0.5, 0.6) is 0 Å². The molecule has 4 nitrogen and oxygen atoms in total. The van der Waals surface area contributed by atoms with E-state index in [0.717, 1.165) is 44.2 Å². The van der Waals surface area contributed by atoms with Crippen LogP contribution in [0.4, 0.5) is 0 Å². The van der Waals surface area contributed by atoms with E-state index in [0.29, 0.717) is 11.5 Å². The summed E-state index contributed by atoms with van der Waals surface area (Å²) in [4.78, 5) is 10.5. The number of rotatable bonds is 2. The fourth-order valence-corrected chi connectivity index (χ4v) is 7.92. The Morgan fingerprint density at radius 1 is 0.581 bits per heavy atom. The Hall–Kier alpha value is -5.52. The van der Waals surface area contributed by atoms with E-state index < -0.39 is 0 Å². The van der Waals surface area contributed by atoms with E-state index in [1.807, 2.05) is 29.5 Å². The molecule has 0 fully saturated rings. The monoisotopic (exact) mass is 567 g/mol. The minimum absolute atomic E-state index is 0.633. The highest BCUT2D eigenvalue weighted by molar-refractivity contribution is 7.26. The Bertz CT molecular complexity index is 2750. The lowest BCUT2D eigenvalue weighted by Gasteiger charge is -2.10. The van der Waals surface area contributed by atoms with Crippen molar-refractivity contribution < 1.29 is 4.42 Å². The lowest BCUT2D eigenvalue weighted by Crippen LogP contribution is -2.02. The molecule has 5 heteroatoms. The minimum atomic E-state index is 0.633. The molecule has 0 bridgehead atoms. The summed E-state index contributed by atoms with van der Waals surface area (Å²) < 4.78 is 11.3. The Labute approximate surface area is 249 Å². The smallest absolute Gasteiger partial charge is 0.236 e. The summed E-state index contributed by atoms with van der Waals surface area (Å²) in [6.45, 7) is 0. The van der Waals surface area contributed by atoms with Crippen molar-refractivity contribution in [2.24, 2.45) is 0 Å². The first-order valence-corrected chi connectivity index (χ1v) is 15.2. The molecule has 4 aromatic heterocycles. The molecule has 0 atom stereocenters. The van der Waals surface area contributed by atoms with E-state index in [4.69, 9.17) is 14.4 Å². The summed E-state index contributed by atoms with van der Waals surface area (Å²) in [6, 6.07) is 44.7. The van der Waals surface area contributed by atoms with Crippen LogP contribution in [0.25, 0.3) is 92.0 Å². The van der Waals surface area contributed by atoms with Crippen LogP contribution in [-0.4, -0.2) is 14.5 Å². The second-order valence-electron chi connectivity index (χ2n) is 11.0. The highest BCUT2D eigenvalue weighted by Crippen LogP contribution is 2.43. The van der Waals surface area contributed by atoms with Crippen LogP contribution in [0, 0.1) is 0 Å². The van der Waals surface area contributed by atoms with E-state index in [1.54, 1.807) is 0 Å². The number of para-hydroxylation sites is 2. The third kappa shape index (κ3) is 3.20. The Morgan fingerprint density at radius 2 is 1.35 bits per heavy atom. The second kappa shape index (κ2) is 8.51. The number of thiophene rings is 1. The van der Waals surface area contributed by atoms with Gasteiger partial charge in [0.1, 0.15) is 16.8 Å². The van der Waals surface area contributed by atoms with Crippen molar-refractivity contribution in [2.75, 3.05) is 0 Å². The predicted molar refractivity (Wildman–Crippen MR) is 179 cm³/mol. The van der Waals surface area contributed by atoms with Crippen molar-refractivity contribution in [1.82, 2.24) is 14.5 Å². The maximum Gasteiger partial charge on any atom is 0.236 e. The lowest BCUT2D eigenvalue weighted by atomic mass is 10.0. The molecule has 0 aliphatic rings. The van der Waals surface area contributed by atoms with Crippen molar-refractivity contribution in [3.8, 4) is 17.2 Å². The normalized spacial score (nSPS) is 12.2. The van der Waals surface area contributed by atoms with Gasteiger partial charge in [-0.2, -0.15) is 0 Å². The van der Waals surface area contributed by atoms with E-state index >= 15 is 0 Å². The topological polar surface area (TPSA) is 43.9 Å². The highest BCUT2D eigenvalue weighted by atomic mass is 32.1. The van der Waals surface area contributed by atoms with E-state index in [9.17, 15) is 0 Å². The van der Waals surface area contributed by atoms with Crippen molar-refractivity contribution in [1.29, 1.82) is 0 Å². The van der Waals surface area contributed by atoms with Crippen molar-refractivity contribution in [3.05, 3.63) is 127 Å². The number of hydrogen-bond donors (Lipinski definition) is 0. The number of hydrogen-bond acceptors (Lipinski definition) is 4. The predicted octanol–water partition coefficient (Wildman–Crippen LogP) is 10.7. The zero-order chi connectivity index (χ0) is 28.1. The average Bonchev–Trinajstić information content (AvgIpc) is 3.73. The van der Waals surface area contributed by atoms with Gasteiger partial charge in [0.2, 0.25) is 5.95 Å². The first-order valence-electron chi connectivity index (χ1n) is 14.3. The number of aromatic nitrogens is 3. The summed E-state index contributed by atoms with van der Waals surface area (Å²) in [5.41, 5.74) is 6.29. The molecule has 0 aliphatic carbocycles. The summed E-state index contributed by atoms with van der Waals surface area (Å²) in [6.07, 6.45) is 0. The van der Waals surface area contributed by atoms with E-state index in [2.05, 4.69) is 114 Å². The molecular formula is C38H21N3OS. The molecule has 0 radical (unpaired) electrons. The van der Waals surface area contributed by atoms with Crippen LogP contribution >= 0.6 is 11.3 Å². The highest BCUT2D eigenvalue weighted by Gasteiger charge is 2.22. The standard InChI is InChI=1S/C38H21N3OS/c1-2-10-23-21-24(18-17-22(23)9-1)34-36-35(28-13-4-7-15-31(28)42-36)40-38(39-34)41-29-14-6-3-12-27(29)33-30(41)20-19-26-25-11-5-8-16-32(25)43-37(26)33/h1-21H. The SMILES string of the molecule is c1ccc2cc(-c3nc(-n4c5ccccc5c5c6sc7ccccc7c6ccc54)nc4c3oc3ccccc34)ccc2c1. The van der Waals surface area contributed by atoms with Crippen molar-refractivity contribution in [3.63, 3.8) is 0 Å². The molecule has 10 rings (SSSR count). The van der Waals surface area contributed by atoms with Gasteiger partial charge in [0, 0.05) is 41.9 Å². The molecule has 0 amide bonds. The number of benzene rings is 6. The summed E-state index contributed by atoms with van der Waals surface area (Å²) >= 11 is 1.85. The van der Waals surface area contributed by atoms with Crippen LogP contribution in [0.3, 0.4) is 0 Å². The number of nitrogens with zero attached hydrogens (tertiary/aromatic N) is 3. The third-order valence-electron chi connectivity index (χ3n) is 8.61. The molecule has 0 unspecified atom stereocenters. The fraction of sp³-hybridized carbons (Fsp3) is 0. The molecule has 43 heavy (non-hydrogen) atoms. The van der Waals surface area contributed by atoms with Gasteiger partial charge >= 0.3 is 0 Å². The Kier molecular flexibility index (Phi) is 4.57.